The van der Waals surface area contributed by atoms with E-state index in [1.807, 2.05) is 6.07 Å². The number of para-hydroxylation sites is 1. The highest BCUT2D eigenvalue weighted by Gasteiger charge is 2.15. The van der Waals surface area contributed by atoms with Crippen LogP contribution in [0.4, 0.5) is 0 Å². The monoisotopic (exact) mass is 406 g/mol. The summed E-state index contributed by atoms with van der Waals surface area (Å²) < 4.78 is 21.1. The van der Waals surface area contributed by atoms with Gasteiger partial charge in [0.15, 0.2) is 17.3 Å². The van der Waals surface area contributed by atoms with Crippen molar-refractivity contribution in [3.8, 4) is 22.8 Å². The number of hydrogen-bond donors (Lipinski definition) is 1. The van der Waals surface area contributed by atoms with Crippen LogP contribution < -0.4 is 20.4 Å². The van der Waals surface area contributed by atoms with Gasteiger partial charge in [-0.1, -0.05) is 23.4 Å². The molecule has 4 rings (SSSR count). The number of nitrogens with one attached hydrogen (secondary N) is 1. The number of nitrogens with zero attached hydrogens (tertiary/aromatic N) is 1. The van der Waals surface area contributed by atoms with Crippen molar-refractivity contribution in [3.05, 3.63) is 76.3 Å². The number of benzene rings is 2. The van der Waals surface area contributed by atoms with Crippen molar-refractivity contribution in [1.29, 1.82) is 0 Å². The molecule has 0 spiro atoms. The van der Waals surface area contributed by atoms with Crippen molar-refractivity contribution in [1.82, 2.24) is 10.5 Å². The second-order valence-electron chi connectivity index (χ2n) is 6.42. The van der Waals surface area contributed by atoms with E-state index in [4.69, 9.17) is 18.4 Å². The minimum Gasteiger partial charge on any atom is -0.493 e. The van der Waals surface area contributed by atoms with Crippen molar-refractivity contribution >= 4 is 16.9 Å². The summed E-state index contributed by atoms with van der Waals surface area (Å²) >= 11 is 0. The van der Waals surface area contributed by atoms with Gasteiger partial charge < -0.3 is 23.7 Å². The number of hydrogen-bond acceptors (Lipinski definition) is 7. The molecule has 8 nitrogen and oxygen atoms in total. The zero-order chi connectivity index (χ0) is 21.1. The van der Waals surface area contributed by atoms with Crippen LogP contribution in [0.2, 0.25) is 0 Å². The highest BCUT2D eigenvalue weighted by Crippen LogP contribution is 2.32. The highest BCUT2D eigenvalue weighted by atomic mass is 16.5. The van der Waals surface area contributed by atoms with Crippen LogP contribution in [0.1, 0.15) is 16.1 Å². The van der Waals surface area contributed by atoms with Crippen LogP contribution in [0.15, 0.2) is 68.3 Å². The molecule has 0 radical (unpaired) electrons. The first-order chi connectivity index (χ1) is 14.6. The topological polar surface area (TPSA) is 104 Å². The van der Waals surface area contributed by atoms with E-state index in [1.165, 1.54) is 6.07 Å². The fourth-order valence-electron chi connectivity index (χ4n) is 3.01. The Kier molecular flexibility index (Phi) is 5.21. The summed E-state index contributed by atoms with van der Waals surface area (Å²) in [6.45, 7) is 0.0852. The van der Waals surface area contributed by atoms with Gasteiger partial charge in [-0.25, -0.2) is 4.79 Å². The van der Waals surface area contributed by atoms with E-state index in [1.54, 1.807) is 56.7 Å². The maximum absolute atomic E-state index is 12.5. The molecule has 4 aromatic rings. The molecule has 0 saturated heterocycles. The molecule has 30 heavy (non-hydrogen) atoms. The molecule has 0 aliphatic heterocycles. The number of amides is 1. The summed E-state index contributed by atoms with van der Waals surface area (Å²) in [4.78, 5) is 24.6. The largest absolute Gasteiger partial charge is 0.493 e. The number of methoxy groups -OCH3 is 2. The Hall–Kier alpha value is -4.07. The number of rotatable bonds is 6. The molecule has 0 atom stereocenters. The number of carbonyl (C=O) groups is 1. The maximum Gasteiger partial charge on any atom is 0.349 e. The summed E-state index contributed by atoms with van der Waals surface area (Å²) in [5, 5.41) is 7.29. The van der Waals surface area contributed by atoms with E-state index in [0.29, 0.717) is 33.9 Å². The average Bonchev–Trinajstić information content (AvgIpc) is 3.25. The van der Waals surface area contributed by atoms with E-state index in [2.05, 4.69) is 10.5 Å². The van der Waals surface area contributed by atoms with Gasteiger partial charge in [0.25, 0.3) is 5.91 Å². The molecule has 0 fully saturated rings. The van der Waals surface area contributed by atoms with E-state index >= 15 is 0 Å². The molecule has 0 aliphatic carbocycles. The Bertz CT molecular complexity index is 1270. The van der Waals surface area contributed by atoms with E-state index in [-0.39, 0.29) is 12.1 Å². The lowest BCUT2D eigenvalue weighted by Crippen LogP contribution is -2.27. The van der Waals surface area contributed by atoms with Gasteiger partial charge in [-0.05, 0) is 30.3 Å². The maximum atomic E-state index is 12.5. The van der Waals surface area contributed by atoms with E-state index < -0.39 is 11.5 Å². The summed E-state index contributed by atoms with van der Waals surface area (Å²) in [5.74, 6) is 1.11. The zero-order valence-corrected chi connectivity index (χ0v) is 16.3. The Morgan fingerprint density at radius 2 is 1.83 bits per heavy atom. The zero-order valence-electron chi connectivity index (χ0n) is 16.3. The van der Waals surface area contributed by atoms with Gasteiger partial charge in [0.05, 0.1) is 20.8 Å². The third-order valence-electron chi connectivity index (χ3n) is 4.54. The SMILES string of the molecule is COc1ccc(-c2cc(CNC(=O)c3cc4ccccc4oc3=O)no2)cc1OC. The van der Waals surface area contributed by atoms with Crippen molar-refractivity contribution in [2.24, 2.45) is 0 Å². The summed E-state index contributed by atoms with van der Waals surface area (Å²) in [6, 6.07) is 15.5. The van der Waals surface area contributed by atoms with Crippen molar-refractivity contribution in [2.75, 3.05) is 14.2 Å². The Balaban J connectivity index is 1.49. The van der Waals surface area contributed by atoms with E-state index in [0.717, 1.165) is 5.56 Å². The van der Waals surface area contributed by atoms with Crippen LogP contribution in [0, 0.1) is 0 Å². The molecule has 1 N–H and O–H groups in total. The smallest absolute Gasteiger partial charge is 0.349 e. The van der Waals surface area contributed by atoms with Crippen LogP contribution in [0.25, 0.3) is 22.3 Å². The molecule has 8 heteroatoms. The number of aromatic nitrogens is 1. The molecular weight excluding hydrogens is 388 g/mol. The fourth-order valence-corrected chi connectivity index (χ4v) is 3.01. The molecular formula is C22H18N2O6. The van der Waals surface area contributed by atoms with Crippen LogP contribution in [-0.2, 0) is 6.54 Å². The third-order valence-corrected chi connectivity index (χ3v) is 4.54. The molecule has 2 heterocycles. The highest BCUT2D eigenvalue weighted by molar-refractivity contribution is 5.96. The van der Waals surface area contributed by atoms with Gasteiger partial charge in [-0.15, -0.1) is 0 Å². The molecule has 1 amide bonds. The van der Waals surface area contributed by atoms with Gasteiger partial charge >= 0.3 is 5.63 Å². The van der Waals surface area contributed by atoms with Gasteiger partial charge in [-0.2, -0.15) is 0 Å². The number of ether oxygens (including phenoxy) is 2. The molecule has 2 aromatic carbocycles. The molecule has 2 aromatic heterocycles. The van der Waals surface area contributed by atoms with Crippen LogP contribution in [-0.4, -0.2) is 25.3 Å². The normalized spacial score (nSPS) is 10.7. The van der Waals surface area contributed by atoms with Gasteiger partial charge in [-0.3, -0.25) is 4.79 Å². The number of fused-ring (bicyclic) bond motifs is 1. The van der Waals surface area contributed by atoms with Crippen LogP contribution in [0.5, 0.6) is 11.5 Å². The van der Waals surface area contributed by atoms with Crippen molar-refractivity contribution in [3.63, 3.8) is 0 Å². The minimum atomic E-state index is -0.697. The number of carbonyl (C=O) groups excluding carboxylic acids is 1. The summed E-state index contributed by atoms with van der Waals surface area (Å²) in [5.41, 5.74) is 0.899. The van der Waals surface area contributed by atoms with Crippen molar-refractivity contribution in [2.45, 2.75) is 6.54 Å². The molecule has 0 unspecified atom stereocenters. The first-order valence-corrected chi connectivity index (χ1v) is 9.08. The van der Waals surface area contributed by atoms with Gasteiger partial charge in [0.1, 0.15) is 16.8 Å². The predicted molar refractivity (Wildman–Crippen MR) is 109 cm³/mol. The summed E-state index contributed by atoms with van der Waals surface area (Å²) in [6.07, 6.45) is 0. The molecule has 0 bridgehead atoms. The Morgan fingerprint density at radius 3 is 2.63 bits per heavy atom. The fraction of sp³-hybridized carbons (Fsp3) is 0.136. The summed E-state index contributed by atoms with van der Waals surface area (Å²) in [7, 11) is 3.11. The van der Waals surface area contributed by atoms with Crippen LogP contribution in [0.3, 0.4) is 0 Å². The lowest BCUT2D eigenvalue weighted by atomic mass is 10.1. The molecule has 152 valence electrons. The first-order valence-electron chi connectivity index (χ1n) is 9.08. The average molecular weight is 406 g/mol. The van der Waals surface area contributed by atoms with Crippen molar-refractivity contribution < 1.29 is 23.2 Å². The Morgan fingerprint density at radius 1 is 1.03 bits per heavy atom. The lowest BCUT2D eigenvalue weighted by molar-refractivity contribution is 0.0946. The minimum absolute atomic E-state index is 0.0719. The lowest BCUT2D eigenvalue weighted by Gasteiger charge is -2.07. The molecule has 0 aliphatic rings. The molecule has 0 saturated carbocycles. The third kappa shape index (κ3) is 3.75. The first kappa shape index (κ1) is 19.3. The van der Waals surface area contributed by atoms with Gasteiger partial charge in [0, 0.05) is 17.0 Å². The quantitative estimate of drug-likeness (QED) is 0.490. The standard InChI is InChI=1S/C22H18N2O6/c1-27-18-8-7-14(10-20(18)28-2)19-11-15(24-30-19)12-23-21(25)16-9-13-5-3-4-6-17(13)29-22(16)26/h3-11H,12H2,1-2H3,(H,23,25). The van der Waals surface area contributed by atoms with E-state index in [9.17, 15) is 9.59 Å². The van der Waals surface area contributed by atoms with Gasteiger partial charge in [0.2, 0.25) is 0 Å². The second-order valence-corrected chi connectivity index (χ2v) is 6.42. The van der Waals surface area contributed by atoms with Crippen LogP contribution >= 0.6 is 0 Å². The Labute approximate surface area is 171 Å². The second kappa shape index (κ2) is 8.12. The predicted octanol–water partition coefficient (Wildman–Crippen LogP) is 3.40.